The molecule has 2 amide bonds. The van der Waals surface area contributed by atoms with Gasteiger partial charge >= 0.3 is 0 Å². The Hall–Kier alpha value is -3.46. The number of benzene rings is 1. The summed E-state index contributed by atoms with van der Waals surface area (Å²) >= 11 is 3.62. The van der Waals surface area contributed by atoms with Crippen molar-refractivity contribution >= 4 is 44.5 Å². The molecular weight excluding hydrogens is 594 g/mol. The van der Waals surface area contributed by atoms with Crippen molar-refractivity contribution in [1.29, 1.82) is 0 Å². The van der Waals surface area contributed by atoms with Gasteiger partial charge in [-0.2, -0.15) is 0 Å². The molecule has 1 N–H and O–H groups in total. The van der Waals surface area contributed by atoms with Crippen LogP contribution in [-0.2, 0) is 17.9 Å². The lowest BCUT2D eigenvalue weighted by Gasteiger charge is -2.37. The van der Waals surface area contributed by atoms with Gasteiger partial charge in [-0.25, -0.2) is 4.98 Å². The molecule has 0 saturated carbocycles. The van der Waals surface area contributed by atoms with E-state index >= 15 is 0 Å². The number of likely N-dealkylation sites (N-methyl/N-ethyl adjacent to an activating group) is 1. The van der Waals surface area contributed by atoms with Gasteiger partial charge in [0.05, 0.1) is 10.2 Å². The number of amides is 2. The molecule has 0 spiro atoms. The molecular formula is C33H46BrN5O3. The van der Waals surface area contributed by atoms with Gasteiger partial charge in [0.1, 0.15) is 17.8 Å². The van der Waals surface area contributed by atoms with E-state index in [0.29, 0.717) is 43.1 Å². The van der Waals surface area contributed by atoms with Crippen molar-refractivity contribution in [2.45, 2.75) is 68.5 Å². The van der Waals surface area contributed by atoms with E-state index in [-0.39, 0.29) is 24.6 Å². The Morgan fingerprint density at radius 2 is 1.76 bits per heavy atom. The third kappa shape index (κ3) is 8.31. The number of hydrogen-bond donors (Lipinski definition) is 1. The molecule has 1 saturated heterocycles. The molecule has 2 aromatic heterocycles. The quantitative estimate of drug-likeness (QED) is 0.276. The molecule has 0 aliphatic carbocycles. The fourth-order valence-corrected chi connectivity index (χ4v) is 5.27. The van der Waals surface area contributed by atoms with E-state index in [1.54, 1.807) is 17.2 Å². The second-order valence-corrected chi connectivity index (χ2v) is 11.0. The minimum Gasteiger partial charge on any atom is -0.366 e. The molecule has 3 aromatic rings. The monoisotopic (exact) mass is 639 g/mol. The highest BCUT2D eigenvalue weighted by Gasteiger charge is 2.29. The largest absolute Gasteiger partial charge is 0.366 e. The Labute approximate surface area is 258 Å². The van der Waals surface area contributed by atoms with Crippen molar-refractivity contribution in [1.82, 2.24) is 19.8 Å². The van der Waals surface area contributed by atoms with Gasteiger partial charge in [-0.15, -0.1) is 0 Å². The summed E-state index contributed by atoms with van der Waals surface area (Å²) < 4.78 is 2.07. The number of hydrogen-bond acceptors (Lipinski definition) is 5. The summed E-state index contributed by atoms with van der Waals surface area (Å²) in [4.78, 5) is 48.5. The van der Waals surface area contributed by atoms with Gasteiger partial charge in [-0.3, -0.25) is 19.0 Å². The molecule has 1 aliphatic heterocycles. The number of rotatable bonds is 9. The van der Waals surface area contributed by atoms with Gasteiger partial charge in [0.15, 0.2) is 0 Å². The van der Waals surface area contributed by atoms with Gasteiger partial charge in [0.2, 0.25) is 5.91 Å². The number of fused-ring (bicyclic) bond motifs is 1. The summed E-state index contributed by atoms with van der Waals surface area (Å²) in [5.74, 6) is -0.221. The molecule has 0 atom stereocenters. The van der Waals surface area contributed by atoms with Crippen LogP contribution in [0.4, 0.5) is 5.69 Å². The highest BCUT2D eigenvalue weighted by molar-refractivity contribution is 9.10. The first-order chi connectivity index (χ1) is 20.1. The molecule has 8 nitrogen and oxygen atoms in total. The minimum atomic E-state index is -0.537. The smallest absolute Gasteiger partial charge is 0.265 e. The molecule has 42 heavy (non-hydrogen) atoms. The lowest BCUT2D eigenvalue weighted by molar-refractivity contribution is -0.137. The summed E-state index contributed by atoms with van der Waals surface area (Å²) in [6.45, 7) is 22.8. The number of halogens is 1. The minimum absolute atomic E-state index is 0.0260. The molecule has 1 aromatic carbocycles. The van der Waals surface area contributed by atoms with Gasteiger partial charge in [-0.1, -0.05) is 76.6 Å². The average Bonchev–Trinajstić information content (AvgIpc) is 2.97. The Balaban J connectivity index is 0.00000148. The van der Waals surface area contributed by atoms with Crippen LogP contribution in [0.5, 0.6) is 0 Å². The summed E-state index contributed by atoms with van der Waals surface area (Å²) in [5, 5.41) is 3.49. The lowest BCUT2D eigenvalue weighted by Crippen LogP contribution is -2.50. The Morgan fingerprint density at radius 3 is 2.31 bits per heavy atom. The molecule has 1 fully saturated rings. The van der Waals surface area contributed by atoms with Crippen molar-refractivity contribution in [3.8, 4) is 0 Å². The zero-order valence-electron chi connectivity index (χ0n) is 26.4. The number of carbonyl (C=O) groups is 2. The van der Waals surface area contributed by atoms with E-state index in [0.717, 1.165) is 26.9 Å². The number of carbonyl (C=O) groups excluding carboxylic acids is 2. The number of aryl methyl sites for hydroxylation is 1. The predicted octanol–water partition coefficient (Wildman–Crippen LogP) is 6.33. The Morgan fingerprint density at radius 1 is 1.14 bits per heavy atom. The van der Waals surface area contributed by atoms with Gasteiger partial charge in [-0.05, 0) is 54.2 Å². The summed E-state index contributed by atoms with van der Waals surface area (Å²) in [5.41, 5.74) is 3.62. The van der Waals surface area contributed by atoms with Crippen molar-refractivity contribution in [3.63, 3.8) is 0 Å². The summed E-state index contributed by atoms with van der Waals surface area (Å²) in [7, 11) is 0. The van der Waals surface area contributed by atoms with E-state index in [1.807, 2.05) is 72.7 Å². The third-order valence-corrected chi connectivity index (χ3v) is 7.31. The van der Waals surface area contributed by atoms with Crippen molar-refractivity contribution in [2.24, 2.45) is 5.92 Å². The van der Waals surface area contributed by atoms with Crippen LogP contribution in [0.3, 0.4) is 0 Å². The van der Waals surface area contributed by atoms with Crippen LogP contribution in [-0.4, -0.2) is 52.4 Å². The van der Waals surface area contributed by atoms with Crippen molar-refractivity contribution in [3.05, 3.63) is 80.2 Å². The number of anilines is 1. The SMILES string of the molecule is C=C(C)CN(CC)c1c(Br)cnc2c1cc(C(=O)NCc1ccc(C)cc1)c(=O)n2CC(=O)N1CC(C)C1.CC.CC. The van der Waals surface area contributed by atoms with E-state index < -0.39 is 11.5 Å². The number of nitrogens with zero attached hydrogens (tertiary/aromatic N) is 4. The number of nitrogens with one attached hydrogen (secondary N) is 1. The van der Waals surface area contributed by atoms with Crippen LogP contribution >= 0.6 is 15.9 Å². The average molecular weight is 641 g/mol. The summed E-state index contributed by atoms with van der Waals surface area (Å²) in [6.07, 6.45) is 1.64. The van der Waals surface area contributed by atoms with E-state index in [2.05, 4.69) is 44.6 Å². The normalized spacial score (nSPS) is 12.4. The molecule has 0 bridgehead atoms. The number of pyridine rings is 2. The molecule has 4 rings (SSSR count). The first-order valence-electron chi connectivity index (χ1n) is 14.8. The van der Waals surface area contributed by atoms with Crippen LogP contribution < -0.4 is 15.8 Å². The Kier molecular flexibility index (Phi) is 13.4. The first kappa shape index (κ1) is 34.7. The fraction of sp³-hybridized carbons (Fsp3) is 0.455. The molecule has 1 aliphatic rings. The summed E-state index contributed by atoms with van der Waals surface area (Å²) in [6, 6.07) is 9.43. The molecule has 3 heterocycles. The van der Waals surface area contributed by atoms with E-state index in [4.69, 9.17) is 0 Å². The van der Waals surface area contributed by atoms with E-state index in [9.17, 15) is 14.4 Å². The molecule has 228 valence electrons. The highest BCUT2D eigenvalue weighted by atomic mass is 79.9. The van der Waals surface area contributed by atoms with Gasteiger partial charge < -0.3 is 15.1 Å². The second-order valence-electron chi connectivity index (χ2n) is 10.2. The highest BCUT2D eigenvalue weighted by Crippen LogP contribution is 2.34. The van der Waals surface area contributed by atoms with E-state index in [1.165, 1.54) is 4.57 Å². The predicted molar refractivity (Wildman–Crippen MR) is 177 cm³/mol. The topological polar surface area (TPSA) is 87.5 Å². The third-order valence-electron chi connectivity index (χ3n) is 6.73. The van der Waals surface area contributed by atoms with Crippen LogP contribution in [0.2, 0.25) is 0 Å². The first-order valence-corrected chi connectivity index (χ1v) is 15.6. The van der Waals surface area contributed by atoms with Crippen LogP contribution in [0.15, 0.2) is 57.9 Å². The maximum absolute atomic E-state index is 13.7. The fourth-order valence-electron chi connectivity index (χ4n) is 4.71. The van der Waals surface area contributed by atoms with Crippen molar-refractivity contribution in [2.75, 3.05) is 31.1 Å². The maximum atomic E-state index is 13.7. The Bertz CT molecular complexity index is 1440. The van der Waals surface area contributed by atoms with Crippen LogP contribution in [0.25, 0.3) is 11.0 Å². The maximum Gasteiger partial charge on any atom is 0.265 e. The zero-order valence-corrected chi connectivity index (χ0v) is 28.0. The number of aromatic nitrogens is 2. The van der Waals surface area contributed by atoms with Crippen LogP contribution in [0.1, 0.15) is 70.0 Å². The van der Waals surface area contributed by atoms with Gasteiger partial charge in [0, 0.05) is 44.3 Å². The molecule has 9 heteroatoms. The standard InChI is InChI=1S/C29H34BrN5O3.2C2H6/c1-6-33(14-18(2)3)26-22-11-23(28(37)32-12-21-9-7-19(4)8-10-21)29(38)35(27(22)31-13-24(26)30)17-25(36)34-15-20(5)16-34;2*1-2/h7-11,13,20H,2,6,12,14-17H2,1,3-5H3,(H,32,37);2*1-2H3. The second kappa shape index (κ2) is 16.2. The van der Waals surface area contributed by atoms with Crippen LogP contribution in [0, 0.1) is 12.8 Å². The molecule has 0 radical (unpaired) electrons. The molecule has 0 unspecified atom stereocenters. The van der Waals surface area contributed by atoms with Crippen molar-refractivity contribution < 1.29 is 9.59 Å². The van der Waals surface area contributed by atoms with Gasteiger partial charge in [0.25, 0.3) is 11.5 Å². The lowest BCUT2D eigenvalue weighted by atomic mass is 10.0. The number of likely N-dealkylation sites (tertiary alicyclic amines) is 1. The zero-order chi connectivity index (χ0) is 31.6.